The second-order valence-electron chi connectivity index (χ2n) is 2.17. The van der Waals surface area contributed by atoms with Gasteiger partial charge in [0.25, 0.3) is 0 Å². The molecule has 0 spiro atoms. The van der Waals surface area contributed by atoms with Gasteiger partial charge in [0.15, 0.2) is 11.6 Å². The Morgan fingerprint density at radius 2 is 2.33 bits per heavy atom. The number of ether oxygens (including phenoxy) is 1. The molecule has 1 rings (SSSR count). The van der Waals surface area contributed by atoms with Crippen LogP contribution < -0.4 is 5.73 Å². The van der Waals surface area contributed by atoms with Crippen molar-refractivity contribution in [2.75, 3.05) is 13.7 Å². The summed E-state index contributed by atoms with van der Waals surface area (Å²) in [4.78, 5) is 4.12. The Labute approximate surface area is 77.1 Å². The maximum Gasteiger partial charge on any atom is 0.152 e. The minimum atomic E-state index is 0. The van der Waals surface area contributed by atoms with Gasteiger partial charge >= 0.3 is 0 Å². The molecule has 6 heteroatoms. The number of nitrogens with zero attached hydrogens (tertiary/aromatic N) is 2. The topological polar surface area (TPSA) is 76.8 Å². The van der Waals surface area contributed by atoms with Gasteiger partial charge in [-0.05, 0) is 6.54 Å². The first-order chi connectivity index (χ1) is 5.36. The molecular formula is C6H13ClN4O. The Morgan fingerprint density at radius 1 is 1.58 bits per heavy atom. The van der Waals surface area contributed by atoms with E-state index in [2.05, 4.69) is 15.2 Å². The quantitative estimate of drug-likeness (QED) is 0.697. The maximum atomic E-state index is 5.32. The van der Waals surface area contributed by atoms with Crippen LogP contribution in [0.1, 0.15) is 11.6 Å². The van der Waals surface area contributed by atoms with Crippen molar-refractivity contribution in [3.05, 3.63) is 11.6 Å². The summed E-state index contributed by atoms with van der Waals surface area (Å²) in [5.41, 5.74) is 5.32. The van der Waals surface area contributed by atoms with Gasteiger partial charge in [-0.3, -0.25) is 5.10 Å². The summed E-state index contributed by atoms with van der Waals surface area (Å²) in [5.74, 6) is 1.50. The van der Waals surface area contributed by atoms with Crippen molar-refractivity contribution in [2.24, 2.45) is 5.73 Å². The third kappa shape index (κ3) is 3.17. The first-order valence-electron chi connectivity index (χ1n) is 3.46. The predicted molar refractivity (Wildman–Crippen MR) is 47.1 cm³/mol. The largest absolute Gasteiger partial charge is 0.377 e. The van der Waals surface area contributed by atoms with Crippen molar-refractivity contribution in [1.82, 2.24) is 15.2 Å². The molecule has 0 amide bonds. The number of methoxy groups -OCH3 is 1. The van der Waals surface area contributed by atoms with Crippen molar-refractivity contribution in [3.63, 3.8) is 0 Å². The summed E-state index contributed by atoms with van der Waals surface area (Å²) in [7, 11) is 1.62. The zero-order valence-electron chi connectivity index (χ0n) is 6.91. The van der Waals surface area contributed by atoms with E-state index in [0.717, 1.165) is 11.6 Å². The van der Waals surface area contributed by atoms with Crippen LogP contribution in [0.4, 0.5) is 0 Å². The van der Waals surface area contributed by atoms with Gasteiger partial charge in [0.2, 0.25) is 0 Å². The molecule has 0 aromatic carbocycles. The predicted octanol–water partition coefficient (Wildman–Crippen LogP) is -0.126. The van der Waals surface area contributed by atoms with E-state index in [1.165, 1.54) is 0 Å². The summed E-state index contributed by atoms with van der Waals surface area (Å²) in [6, 6.07) is 0. The Morgan fingerprint density at radius 3 is 2.92 bits per heavy atom. The smallest absolute Gasteiger partial charge is 0.152 e. The highest BCUT2D eigenvalue weighted by molar-refractivity contribution is 5.85. The van der Waals surface area contributed by atoms with Crippen molar-refractivity contribution < 1.29 is 4.74 Å². The lowest BCUT2D eigenvalue weighted by atomic mass is 10.4. The number of aromatic nitrogens is 3. The summed E-state index contributed by atoms with van der Waals surface area (Å²) in [5, 5.41) is 6.68. The monoisotopic (exact) mass is 192 g/mol. The first-order valence-corrected chi connectivity index (χ1v) is 3.46. The number of hydrogen-bond donors (Lipinski definition) is 2. The van der Waals surface area contributed by atoms with Crippen LogP contribution in [0.5, 0.6) is 0 Å². The first kappa shape index (κ1) is 11.4. The van der Waals surface area contributed by atoms with Crippen molar-refractivity contribution in [1.29, 1.82) is 0 Å². The van der Waals surface area contributed by atoms with E-state index in [1.807, 2.05) is 0 Å². The third-order valence-corrected chi connectivity index (χ3v) is 1.23. The normalized spacial score (nSPS) is 9.50. The molecule has 5 nitrogen and oxygen atoms in total. The molecule has 0 saturated heterocycles. The summed E-state index contributed by atoms with van der Waals surface area (Å²) >= 11 is 0. The van der Waals surface area contributed by atoms with Gasteiger partial charge in [-0.1, -0.05) is 0 Å². The van der Waals surface area contributed by atoms with Gasteiger partial charge in [-0.25, -0.2) is 4.98 Å². The average molecular weight is 193 g/mol. The molecule has 1 heterocycles. The molecule has 0 aliphatic rings. The van der Waals surface area contributed by atoms with Crippen LogP contribution in [0, 0.1) is 0 Å². The van der Waals surface area contributed by atoms with Crippen molar-refractivity contribution >= 4 is 12.4 Å². The molecular weight excluding hydrogens is 180 g/mol. The SMILES string of the molecule is COCc1nc(CCN)n[nH]1.Cl. The van der Waals surface area contributed by atoms with E-state index in [1.54, 1.807) is 7.11 Å². The lowest BCUT2D eigenvalue weighted by Crippen LogP contribution is -2.04. The molecule has 0 unspecified atom stereocenters. The van der Waals surface area contributed by atoms with Crippen LogP contribution in [0.2, 0.25) is 0 Å². The van der Waals surface area contributed by atoms with Gasteiger partial charge in [-0.15, -0.1) is 12.4 Å². The summed E-state index contributed by atoms with van der Waals surface area (Å²) in [6.07, 6.45) is 0.709. The van der Waals surface area contributed by atoms with E-state index in [4.69, 9.17) is 10.5 Å². The minimum Gasteiger partial charge on any atom is -0.377 e. The van der Waals surface area contributed by atoms with Gasteiger partial charge < -0.3 is 10.5 Å². The highest BCUT2D eigenvalue weighted by Crippen LogP contribution is 1.93. The van der Waals surface area contributed by atoms with Gasteiger partial charge in [-0.2, -0.15) is 5.10 Å². The highest BCUT2D eigenvalue weighted by atomic mass is 35.5. The van der Waals surface area contributed by atoms with E-state index in [0.29, 0.717) is 19.6 Å². The Balaban J connectivity index is 0.00000121. The molecule has 70 valence electrons. The number of rotatable bonds is 4. The number of H-pyrrole nitrogens is 1. The molecule has 0 radical (unpaired) electrons. The molecule has 12 heavy (non-hydrogen) atoms. The molecule has 0 bridgehead atoms. The molecule has 3 N–H and O–H groups in total. The Kier molecular flexibility index (Phi) is 5.61. The van der Waals surface area contributed by atoms with Crippen molar-refractivity contribution in [2.45, 2.75) is 13.0 Å². The fraction of sp³-hybridized carbons (Fsp3) is 0.667. The molecule has 1 aromatic rings. The Hall–Kier alpha value is -0.650. The van der Waals surface area contributed by atoms with E-state index in [9.17, 15) is 0 Å². The maximum absolute atomic E-state index is 5.32. The molecule has 0 fully saturated rings. The Bertz CT molecular complexity index is 195. The fourth-order valence-electron chi connectivity index (χ4n) is 0.777. The van der Waals surface area contributed by atoms with Gasteiger partial charge in [0.1, 0.15) is 6.61 Å². The number of halogens is 1. The summed E-state index contributed by atoms with van der Waals surface area (Å²) < 4.78 is 4.85. The van der Waals surface area contributed by atoms with Crippen LogP contribution in [0.25, 0.3) is 0 Å². The summed E-state index contributed by atoms with van der Waals surface area (Å²) in [6.45, 7) is 1.04. The molecule has 0 aliphatic heterocycles. The zero-order chi connectivity index (χ0) is 8.10. The number of aromatic amines is 1. The molecule has 0 saturated carbocycles. The van der Waals surface area contributed by atoms with Crippen LogP contribution in [-0.2, 0) is 17.8 Å². The zero-order valence-corrected chi connectivity index (χ0v) is 7.73. The molecule has 1 aromatic heterocycles. The molecule has 0 atom stereocenters. The number of nitrogens with one attached hydrogen (secondary N) is 1. The van der Waals surface area contributed by atoms with Gasteiger partial charge in [0, 0.05) is 13.5 Å². The number of nitrogens with two attached hydrogens (primary N) is 1. The third-order valence-electron chi connectivity index (χ3n) is 1.23. The molecule has 0 aliphatic carbocycles. The second-order valence-corrected chi connectivity index (χ2v) is 2.17. The number of hydrogen-bond acceptors (Lipinski definition) is 4. The standard InChI is InChI=1S/C6H12N4O.ClH/c1-11-4-6-8-5(2-3-7)9-10-6;/h2-4,7H2,1H3,(H,8,9,10);1H. The van der Waals surface area contributed by atoms with E-state index < -0.39 is 0 Å². The van der Waals surface area contributed by atoms with Crippen LogP contribution in [-0.4, -0.2) is 28.8 Å². The van der Waals surface area contributed by atoms with Crippen LogP contribution in [0.15, 0.2) is 0 Å². The lowest BCUT2D eigenvalue weighted by molar-refractivity contribution is 0.178. The average Bonchev–Trinajstić information content (AvgIpc) is 2.38. The fourth-order valence-corrected chi connectivity index (χ4v) is 0.777. The van der Waals surface area contributed by atoms with Crippen LogP contribution in [0.3, 0.4) is 0 Å². The van der Waals surface area contributed by atoms with Crippen molar-refractivity contribution in [3.8, 4) is 0 Å². The van der Waals surface area contributed by atoms with E-state index >= 15 is 0 Å². The lowest BCUT2D eigenvalue weighted by Gasteiger charge is -1.89. The highest BCUT2D eigenvalue weighted by Gasteiger charge is 1.99. The van der Waals surface area contributed by atoms with Gasteiger partial charge in [0.05, 0.1) is 0 Å². The minimum absolute atomic E-state index is 0. The second kappa shape index (κ2) is 5.93. The van der Waals surface area contributed by atoms with Crippen LogP contribution >= 0.6 is 12.4 Å². The van der Waals surface area contributed by atoms with E-state index in [-0.39, 0.29) is 12.4 Å².